The lowest BCUT2D eigenvalue weighted by Crippen LogP contribution is -2.74. The molecule has 162 valence electrons. The molecule has 4 rings (SSSR count). The van der Waals surface area contributed by atoms with E-state index in [9.17, 15) is 4.79 Å². The van der Waals surface area contributed by atoms with Gasteiger partial charge in [-0.15, -0.1) is 9.24 Å². The number of ether oxygens (including phenoxy) is 2. The molecule has 4 heterocycles. The van der Waals surface area contributed by atoms with Gasteiger partial charge in [-0.3, -0.25) is 4.90 Å². The van der Waals surface area contributed by atoms with Crippen LogP contribution in [0.5, 0.6) is 0 Å². The number of likely N-dealkylation sites (tertiary alicyclic amines) is 1. The highest BCUT2D eigenvalue weighted by molar-refractivity contribution is 7.27. The van der Waals surface area contributed by atoms with Crippen LogP contribution in [0.3, 0.4) is 0 Å². The summed E-state index contributed by atoms with van der Waals surface area (Å²) in [6, 6.07) is 4.21. The summed E-state index contributed by atoms with van der Waals surface area (Å²) in [6.07, 6.45) is 5.32. The van der Waals surface area contributed by atoms with Crippen LogP contribution >= 0.6 is 9.24 Å². The molecule has 0 radical (unpaired) electrons. The zero-order valence-corrected chi connectivity index (χ0v) is 19.2. The van der Waals surface area contributed by atoms with Gasteiger partial charge in [0.1, 0.15) is 18.2 Å². The summed E-state index contributed by atoms with van der Waals surface area (Å²) in [5.41, 5.74) is 1.15. The minimum atomic E-state index is 0.0890. The van der Waals surface area contributed by atoms with Crippen molar-refractivity contribution in [1.82, 2.24) is 14.8 Å². The van der Waals surface area contributed by atoms with Crippen LogP contribution in [0.4, 0.5) is 10.6 Å². The third kappa shape index (κ3) is 3.87. The first-order valence-electron chi connectivity index (χ1n) is 10.6. The molecule has 3 aliphatic rings. The number of carbonyl (C=O) groups is 1. The maximum atomic E-state index is 13.2. The Morgan fingerprint density at radius 1 is 1.30 bits per heavy atom. The molecule has 0 aliphatic carbocycles. The van der Waals surface area contributed by atoms with Crippen molar-refractivity contribution in [3.63, 3.8) is 0 Å². The predicted octanol–water partition coefficient (Wildman–Crippen LogP) is 2.72. The molecule has 0 bridgehead atoms. The monoisotopic (exact) mass is 430 g/mol. The average molecular weight is 430 g/mol. The second-order valence-corrected chi connectivity index (χ2v) is 8.94. The number of amides is 2. The van der Waals surface area contributed by atoms with Gasteiger partial charge in [0, 0.05) is 50.3 Å². The van der Waals surface area contributed by atoms with E-state index in [1.165, 1.54) is 0 Å². The highest BCUT2D eigenvalue weighted by Crippen LogP contribution is 2.42. The van der Waals surface area contributed by atoms with Gasteiger partial charge in [-0.25, -0.2) is 9.78 Å². The van der Waals surface area contributed by atoms with Crippen molar-refractivity contribution in [2.75, 3.05) is 51.3 Å². The topological polar surface area (TPSA) is 58.1 Å². The molecule has 0 saturated carbocycles. The van der Waals surface area contributed by atoms with Crippen molar-refractivity contribution < 1.29 is 14.3 Å². The van der Waals surface area contributed by atoms with E-state index in [0.29, 0.717) is 13.2 Å². The molecular weight excluding hydrogens is 399 g/mol. The van der Waals surface area contributed by atoms with Gasteiger partial charge in [0.15, 0.2) is 0 Å². The number of allylic oxidation sites excluding steroid dienone is 3. The normalized spacial score (nSPS) is 20.7. The van der Waals surface area contributed by atoms with Crippen LogP contribution in [-0.2, 0) is 9.47 Å². The number of pyridine rings is 1. The molecule has 1 spiro atoms. The molecule has 7 nitrogen and oxygen atoms in total. The van der Waals surface area contributed by atoms with E-state index in [0.717, 1.165) is 67.4 Å². The van der Waals surface area contributed by atoms with E-state index in [4.69, 9.17) is 9.47 Å². The number of methoxy groups -OCH3 is 1. The summed E-state index contributed by atoms with van der Waals surface area (Å²) >= 11 is 0. The quantitative estimate of drug-likeness (QED) is 0.531. The van der Waals surface area contributed by atoms with Crippen molar-refractivity contribution in [2.45, 2.75) is 26.7 Å². The van der Waals surface area contributed by atoms with Crippen LogP contribution in [0.15, 0.2) is 41.6 Å². The SMILES string of the molecule is CCC1=C(/C=C(\CC)OC)OCCN1C(=O)N1CC2(C1)CN(c1ccc(P)cn1)C2. The lowest BCUT2D eigenvalue weighted by molar-refractivity contribution is -0.00562. The fourth-order valence-corrected chi connectivity index (χ4v) is 4.70. The van der Waals surface area contributed by atoms with Crippen molar-refractivity contribution in [3.8, 4) is 0 Å². The fraction of sp³-hybridized carbons (Fsp3) is 0.545. The minimum absolute atomic E-state index is 0.0890. The highest BCUT2D eigenvalue weighted by atomic mass is 31.0. The van der Waals surface area contributed by atoms with Crippen molar-refractivity contribution >= 4 is 26.4 Å². The molecule has 2 amide bonds. The molecule has 2 fully saturated rings. The molecule has 2 saturated heterocycles. The Labute approximate surface area is 180 Å². The van der Waals surface area contributed by atoms with Gasteiger partial charge in [0.05, 0.1) is 25.1 Å². The van der Waals surface area contributed by atoms with E-state index in [1.807, 2.05) is 29.0 Å². The molecule has 0 aromatic carbocycles. The third-order valence-corrected chi connectivity index (χ3v) is 6.46. The summed E-state index contributed by atoms with van der Waals surface area (Å²) in [5.74, 6) is 2.62. The van der Waals surface area contributed by atoms with Gasteiger partial charge >= 0.3 is 6.03 Å². The van der Waals surface area contributed by atoms with Crippen LogP contribution in [0.25, 0.3) is 0 Å². The molecule has 0 N–H and O–H groups in total. The van der Waals surface area contributed by atoms with Crippen LogP contribution in [0.2, 0.25) is 0 Å². The molecule has 3 aliphatic heterocycles. The van der Waals surface area contributed by atoms with E-state index in [-0.39, 0.29) is 11.4 Å². The first-order valence-corrected chi connectivity index (χ1v) is 11.2. The van der Waals surface area contributed by atoms with Gasteiger partial charge < -0.3 is 19.3 Å². The fourth-order valence-electron chi connectivity index (χ4n) is 4.53. The Hall–Kier alpha value is -2.27. The molecular formula is C22H31N4O3P. The van der Waals surface area contributed by atoms with Gasteiger partial charge in [-0.2, -0.15) is 0 Å². The van der Waals surface area contributed by atoms with Gasteiger partial charge in [0.25, 0.3) is 0 Å². The zero-order chi connectivity index (χ0) is 21.3. The number of anilines is 1. The lowest BCUT2D eigenvalue weighted by Gasteiger charge is -2.60. The van der Waals surface area contributed by atoms with Crippen molar-refractivity contribution in [3.05, 3.63) is 41.6 Å². The number of urea groups is 1. The summed E-state index contributed by atoms with van der Waals surface area (Å²) in [4.78, 5) is 23.9. The highest BCUT2D eigenvalue weighted by Gasteiger charge is 2.54. The molecule has 1 aromatic rings. The smallest absolute Gasteiger partial charge is 0.324 e. The Morgan fingerprint density at radius 2 is 2.07 bits per heavy atom. The Balaban J connectivity index is 1.39. The number of hydrogen-bond donors (Lipinski definition) is 0. The molecule has 1 aromatic heterocycles. The van der Waals surface area contributed by atoms with Crippen LogP contribution in [0.1, 0.15) is 26.7 Å². The van der Waals surface area contributed by atoms with Crippen molar-refractivity contribution in [1.29, 1.82) is 0 Å². The van der Waals surface area contributed by atoms with Crippen molar-refractivity contribution in [2.24, 2.45) is 5.41 Å². The summed E-state index contributed by atoms with van der Waals surface area (Å²) in [6.45, 7) is 8.73. The average Bonchev–Trinajstić information content (AvgIpc) is 2.70. The maximum Gasteiger partial charge on any atom is 0.324 e. The van der Waals surface area contributed by atoms with Crippen LogP contribution in [0, 0.1) is 5.41 Å². The number of carbonyl (C=O) groups excluding carboxylic acids is 1. The largest absolute Gasteiger partial charge is 0.501 e. The molecule has 8 heteroatoms. The first-order chi connectivity index (χ1) is 14.5. The number of nitrogens with zero attached hydrogens (tertiary/aromatic N) is 4. The van der Waals surface area contributed by atoms with Gasteiger partial charge in [-0.1, -0.05) is 13.8 Å². The second kappa shape index (κ2) is 8.46. The van der Waals surface area contributed by atoms with E-state index < -0.39 is 0 Å². The van der Waals surface area contributed by atoms with Crippen LogP contribution in [-0.4, -0.2) is 67.3 Å². The maximum absolute atomic E-state index is 13.2. The Bertz CT molecular complexity index is 848. The molecule has 1 unspecified atom stereocenters. The van der Waals surface area contributed by atoms with Crippen LogP contribution < -0.4 is 10.2 Å². The van der Waals surface area contributed by atoms with E-state index in [2.05, 4.69) is 38.2 Å². The van der Waals surface area contributed by atoms with E-state index in [1.54, 1.807) is 7.11 Å². The molecule has 1 atom stereocenters. The summed E-state index contributed by atoms with van der Waals surface area (Å²) in [5, 5.41) is 1.09. The van der Waals surface area contributed by atoms with Gasteiger partial charge in [-0.05, 0) is 23.9 Å². The summed E-state index contributed by atoms with van der Waals surface area (Å²) in [7, 11) is 4.33. The standard InChI is InChI=1S/C22H31N4O3P/c1-4-16(28-3)10-19-18(5-2)26(8-9-29-19)21(27)25-14-22(15-25)12-24(13-22)20-7-6-17(30)11-23-20/h6-7,10-11H,4-5,8-9,12-15,30H2,1-3H3/b16-10+. The lowest BCUT2D eigenvalue weighted by atomic mass is 9.73. The first kappa shape index (κ1) is 21.0. The number of hydrogen-bond acceptors (Lipinski definition) is 5. The molecule has 30 heavy (non-hydrogen) atoms. The minimum Gasteiger partial charge on any atom is -0.501 e. The van der Waals surface area contributed by atoms with E-state index >= 15 is 0 Å². The number of aromatic nitrogens is 1. The Morgan fingerprint density at radius 3 is 2.67 bits per heavy atom. The zero-order valence-electron chi connectivity index (χ0n) is 18.1. The van der Waals surface area contributed by atoms with Gasteiger partial charge in [0.2, 0.25) is 0 Å². The summed E-state index contributed by atoms with van der Waals surface area (Å²) < 4.78 is 11.3. The predicted molar refractivity (Wildman–Crippen MR) is 121 cm³/mol. The third-order valence-electron chi connectivity index (χ3n) is 6.12. The number of rotatable bonds is 5. The Kier molecular flexibility index (Phi) is 5.92. The second-order valence-electron chi connectivity index (χ2n) is 8.28.